The van der Waals surface area contributed by atoms with Gasteiger partial charge in [0.05, 0.1) is 17.5 Å². The Morgan fingerprint density at radius 2 is 2.10 bits per heavy atom. The third-order valence-electron chi connectivity index (χ3n) is 3.75. The topological polar surface area (TPSA) is 72.3 Å². The lowest BCUT2D eigenvalue weighted by molar-refractivity contribution is 0.0766. The van der Waals surface area contributed by atoms with Gasteiger partial charge in [0.2, 0.25) is 0 Å². The first-order valence-electron chi connectivity index (χ1n) is 6.93. The number of rotatable bonds is 4. The predicted octanol–water partition coefficient (Wildman–Crippen LogP) is 1.03. The maximum atomic E-state index is 12.2. The highest BCUT2D eigenvalue weighted by atomic mass is 32.2. The summed E-state index contributed by atoms with van der Waals surface area (Å²) in [5, 5.41) is 4.34. The van der Waals surface area contributed by atoms with Gasteiger partial charge in [-0.2, -0.15) is 5.10 Å². The Morgan fingerprint density at radius 3 is 2.60 bits per heavy atom. The van der Waals surface area contributed by atoms with Gasteiger partial charge in [0.1, 0.15) is 0 Å². The van der Waals surface area contributed by atoms with Gasteiger partial charge in [0.25, 0.3) is 5.91 Å². The molecule has 0 aromatic carbocycles. The first kappa shape index (κ1) is 15.0. The molecule has 1 aromatic rings. The summed E-state index contributed by atoms with van der Waals surface area (Å²) in [5.41, 5.74) is 1.23. The van der Waals surface area contributed by atoms with E-state index in [2.05, 4.69) is 5.10 Å². The Morgan fingerprint density at radius 1 is 1.45 bits per heavy atom. The summed E-state index contributed by atoms with van der Waals surface area (Å²) in [4.78, 5) is 14.0. The number of aryl methyl sites for hydroxylation is 1. The molecule has 0 spiro atoms. The van der Waals surface area contributed by atoms with Crippen LogP contribution < -0.4 is 0 Å². The predicted molar refractivity (Wildman–Crippen MR) is 76.5 cm³/mol. The van der Waals surface area contributed by atoms with Crippen LogP contribution in [0.25, 0.3) is 0 Å². The summed E-state index contributed by atoms with van der Waals surface area (Å²) in [5.74, 6) is 0.225. The number of aromatic nitrogens is 2. The maximum Gasteiger partial charge on any atom is 0.274 e. The summed E-state index contributed by atoms with van der Waals surface area (Å²) < 4.78 is 24.8. The minimum absolute atomic E-state index is 0.0993. The lowest BCUT2D eigenvalue weighted by Crippen LogP contribution is -2.31. The van der Waals surface area contributed by atoms with Crippen molar-refractivity contribution in [3.63, 3.8) is 0 Å². The third kappa shape index (κ3) is 2.87. The van der Waals surface area contributed by atoms with E-state index in [1.54, 1.807) is 15.6 Å². The standard InChI is InChI=1S/C13H21N3O3S/c1-4-15(5-2)13(17)12-8-10(3)16(14-12)11-6-7-20(18,19)9-11/h8,11H,4-7,9H2,1-3H3. The van der Waals surface area contributed by atoms with Crippen LogP contribution in [0.2, 0.25) is 0 Å². The Balaban J connectivity index is 2.24. The highest BCUT2D eigenvalue weighted by Crippen LogP contribution is 2.24. The van der Waals surface area contributed by atoms with Crippen LogP contribution in [-0.4, -0.2) is 53.6 Å². The Kier molecular flexibility index (Phi) is 4.17. The zero-order valence-electron chi connectivity index (χ0n) is 12.2. The highest BCUT2D eigenvalue weighted by Gasteiger charge is 2.31. The SMILES string of the molecule is CCN(CC)C(=O)c1cc(C)n(C2CCS(=O)(=O)C2)n1. The molecule has 1 saturated heterocycles. The first-order valence-corrected chi connectivity index (χ1v) is 8.76. The van der Waals surface area contributed by atoms with Crippen molar-refractivity contribution in [3.8, 4) is 0 Å². The molecular weight excluding hydrogens is 278 g/mol. The molecule has 1 aliphatic rings. The molecule has 0 radical (unpaired) electrons. The van der Waals surface area contributed by atoms with Crippen LogP contribution in [0, 0.1) is 6.92 Å². The van der Waals surface area contributed by atoms with E-state index in [4.69, 9.17) is 0 Å². The summed E-state index contributed by atoms with van der Waals surface area (Å²) in [7, 11) is -2.95. The molecule has 0 aliphatic carbocycles. The van der Waals surface area contributed by atoms with Crippen molar-refractivity contribution in [1.82, 2.24) is 14.7 Å². The second-order valence-corrected chi connectivity index (χ2v) is 7.38. The normalized spacial score (nSPS) is 21.1. The summed E-state index contributed by atoms with van der Waals surface area (Å²) in [6.07, 6.45) is 0.573. The molecule has 1 unspecified atom stereocenters. The van der Waals surface area contributed by atoms with Crippen LogP contribution in [0.1, 0.15) is 42.5 Å². The molecule has 2 heterocycles. The van der Waals surface area contributed by atoms with Crippen LogP contribution in [-0.2, 0) is 9.84 Å². The molecule has 7 heteroatoms. The van der Waals surface area contributed by atoms with Crippen LogP contribution in [0.15, 0.2) is 6.07 Å². The first-order chi connectivity index (χ1) is 9.38. The molecule has 0 N–H and O–H groups in total. The number of hydrogen-bond acceptors (Lipinski definition) is 4. The number of sulfone groups is 1. The molecule has 1 atom stereocenters. The van der Waals surface area contributed by atoms with Gasteiger partial charge in [0, 0.05) is 18.8 Å². The second kappa shape index (κ2) is 5.55. The Labute approximate surface area is 119 Å². The van der Waals surface area contributed by atoms with Crippen LogP contribution in [0.3, 0.4) is 0 Å². The largest absolute Gasteiger partial charge is 0.338 e. The summed E-state index contributed by atoms with van der Waals surface area (Å²) in [6.45, 7) is 6.98. The molecule has 112 valence electrons. The van der Waals surface area contributed by atoms with E-state index in [1.807, 2.05) is 20.8 Å². The lowest BCUT2D eigenvalue weighted by atomic mass is 10.2. The summed E-state index contributed by atoms with van der Waals surface area (Å²) in [6, 6.07) is 1.60. The molecule has 2 rings (SSSR count). The molecular formula is C13H21N3O3S. The fourth-order valence-corrected chi connectivity index (χ4v) is 4.30. The zero-order valence-corrected chi connectivity index (χ0v) is 13.0. The average molecular weight is 299 g/mol. The number of nitrogens with zero attached hydrogens (tertiary/aromatic N) is 3. The lowest BCUT2D eigenvalue weighted by Gasteiger charge is -2.17. The fourth-order valence-electron chi connectivity index (χ4n) is 2.60. The van der Waals surface area contributed by atoms with Crippen molar-refractivity contribution in [2.45, 2.75) is 33.2 Å². The van der Waals surface area contributed by atoms with Gasteiger partial charge < -0.3 is 4.90 Å². The molecule has 6 nitrogen and oxygen atoms in total. The zero-order chi connectivity index (χ0) is 14.9. The number of carbonyl (C=O) groups is 1. The van der Waals surface area contributed by atoms with E-state index in [9.17, 15) is 13.2 Å². The number of amides is 1. The van der Waals surface area contributed by atoms with Gasteiger partial charge >= 0.3 is 0 Å². The minimum Gasteiger partial charge on any atom is -0.338 e. The highest BCUT2D eigenvalue weighted by molar-refractivity contribution is 7.91. The molecule has 1 aliphatic heterocycles. The van der Waals surface area contributed by atoms with Gasteiger partial charge in [0.15, 0.2) is 15.5 Å². The Hall–Kier alpha value is -1.37. The number of carbonyl (C=O) groups excluding carboxylic acids is 1. The van der Waals surface area contributed by atoms with E-state index < -0.39 is 9.84 Å². The summed E-state index contributed by atoms with van der Waals surface area (Å²) >= 11 is 0. The fraction of sp³-hybridized carbons (Fsp3) is 0.692. The smallest absolute Gasteiger partial charge is 0.274 e. The minimum atomic E-state index is -2.95. The van der Waals surface area contributed by atoms with Crippen molar-refractivity contribution in [2.75, 3.05) is 24.6 Å². The van der Waals surface area contributed by atoms with Gasteiger partial charge in [-0.05, 0) is 33.3 Å². The van der Waals surface area contributed by atoms with Crippen molar-refractivity contribution in [2.24, 2.45) is 0 Å². The molecule has 20 heavy (non-hydrogen) atoms. The van der Waals surface area contributed by atoms with Crippen LogP contribution >= 0.6 is 0 Å². The molecule has 0 bridgehead atoms. The van der Waals surface area contributed by atoms with E-state index in [0.717, 1.165) is 5.69 Å². The van der Waals surface area contributed by atoms with Crippen LogP contribution in [0.4, 0.5) is 0 Å². The van der Waals surface area contributed by atoms with Crippen LogP contribution in [0.5, 0.6) is 0 Å². The monoisotopic (exact) mass is 299 g/mol. The van der Waals surface area contributed by atoms with E-state index >= 15 is 0 Å². The van der Waals surface area contributed by atoms with Gasteiger partial charge in [-0.25, -0.2) is 8.42 Å². The molecule has 1 fully saturated rings. The molecule has 1 amide bonds. The third-order valence-corrected chi connectivity index (χ3v) is 5.50. The van der Waals surface area contributed by atoms with E-state index in [1.165, 1.54) is 0 Å². The quantitative estimate of drug-likeness (QED) is 0.832. The van der Waals surface area contributed by atoms with Crippen molar-refractivity contribution in [3.05, 3.63) is 17.5 Å². The second-order valence-electron chi connectivity index (χ2n) is 5.15. The maximum absolute atomic E-state index is 12.2. The average Bonchev–Trinajstić information content (AvgIpc) is 2.93. The van der Waals surface area contributed by atoms with Gasteiger partial charge in [-0.15, -0.1) is 0 Å². The van der Waals surface area contributed by atoms with Crippen molar-refractivity contribution in [1.29, 1.82) is 0 Å². The molecule has 0 saturated carbocycles. The number of hydrogen-bond donors (Lipinski definition) is 0. The Bertz CT molecular complexity index is 602. The van der Waals surface area contributed by atoms with E-state index in [-0.39, 0.29) is 23.5 Å². The van der Waals surface area contributed by atoms with Gasteiger partial charge in [-0.1, -0.05) is 0 Å². The molecule has 1 aromatic heterocycles. The van der Waals surface area contributed by atoms with Crippen molar-refractivity contribution < 1.29 is 13.2 Å². The van der Waals surface area contributed by atoms with Crippen molar-refractivity contribution >= 4 is 15.7 Å². The van der Waals surface area contributed by atoms with Gasteiger partial charge in [-0.3, -0.25) is 9.48 Å². The van der Waals surface area contributed by atoms with E-state index in [0.29, 0.717) is 25.2 Å².